The maximum Gasteiger partial charge on any atom is 0.223 e. The zero-order chi connectivity index (χ0) is 22.5. The van der Waals surface area contributed by atoms with Crippen LogP contribution in [-0.2, 0) is 26.7 Å². The molecule has 4 rings (SSSR count). The van der Waals surface area contributed by atoms with Crippen LogP contribution >= 0.6 is 11.6 Å². The van der Waals surface area contributed by atoms with E-state index < -0.39 is 0 Å². The van der Waals surface area contributed by atoms with E-state index in [9.17, 15) is 9.90 Å². The number of halogens is 1. The van der Waals surface area contributed by atoms with Crippen LogP contribution in [0.5, 0.6) is 5.75 Å². The molecular weight excluding hydrogens is 424 g/mol. The summed E-state index contributed by atoms with van der Waals surface area (Å²) in [5, 5.41) is 11.4. The molecule has 2 fully saturated rings. The Labute approximate surface area is 196 Å². The van der Waals surface area contributed by atoms with E-state index in [1.165, 1.54) is 25.7 Å². The summed E-state index contributed by atoms with van der Waals surface area (Å²) in [5.41, 5.74) is 2.60. The number of hydrogen-bond donors (Lipinski definition) is 1. The Bertz CT molecular complexity index is 961. The number of likely N-dealkylation sites (tertiary alicyclic amines) is 1. The molecular formula is C25H35ClN4O2. The molecule has 0 spiro atoms. The molecule has 0 saturated carbocycles. The number of benzene rings is 1. The van der Waals surface area contributed by atoms with Crippen LogP contribution < -0.4 is 5.43 Å². The van der Waals surface area contributed by atoms with E-state index >= 15 is 0 Å². The third kappa shape index (κ3) is 5.73. The van der Waals surface area contributed by atoms with E-state index in [-0.39, 0.29) is 11.2 Å². The average molecular weight is 459 g/mol. The molecule has 2 saturated heterocycles. The number of piperazine rings is 1. The van der Waals surface area contributed by atoms with Gasteiger partial charge in [0.15, 0.2) is 5.75 Å². The smallest absolute Gasteiger partial charge is 0.223 e. The predicted octanol–water partition coefficient (Wildman–Crippen LogP) is 3.44. The van der Waals surface area contributed by atoms with Gasteiger partial charge in [0.25, 0.3) is 0 Å². The van der Waals surface area contributed by atoms with Crippen LogP contribution in [0.2, 0.25) is 5.02 Å². The molecule has 0 radical (unpaired) electrons. The first kappa shape index (κ1) is 23.3. The van der Waals surface area contributed by atoms with Gasteiger partial charge in [-0.25, -0.2) is 0 Å². The third-order valence-electron chi connectivity index (χ3n) is 6.91. The van der Waals surface area contributed by atoms with E-state index in [4.69, 9.17) is 11.6 Å². The van der Waals surface area contributed by atoms with Crippen molar-refractivity contribution < 1.29 is 5.11 Å². The van der Waals surface area contributed by atoms with Gasteiger partial charge in [-0.3, -0.25) is 19.5 Å². The molecule has 0 aliphatic carbocycles. The quantitative estimate of drug-likeness (QED) is 0.718. The number of pyridine rings is 1. The summed E-state index contributed by atoms with van der Waals surface area (Å²) < 4.78 is 2.04. The summed E-state index contributed by atoms with van der Waals surface area (Å²) in [5.74, 6) is -0.106. The van der Waals surface area contributed by atoms with Crippen LogP contribution in [0.3, 0.4) is 0 Å². The fourth-order valence-corrected chi connectivity index (χ4v) is 5.03. The molecule has 174 valence electrons. The number of hydrogen-bond acceptors (Lipinski definition) is 5. The second kappa shape index (κ2) is 10.8. The van der Waals surface area contributed by atoms with Crippen molar-refractivity contribution >= 4 is 11.6 Å². The Morgan fingerprint density at radius 2 is 1.44 bits per heavy atom. The lowest BCUT2D eigenvalue weighted by Crippen LogP contribution is -2.45. The van der Waals surface area contributed by atoms with Crippen molar-refractivity contribution in [3.63, 3.8) is 0 Å². The molecule has 2 aliphatic rings. The molecule has 7 heteroatoms. The summed E-state index contributed by atoms with van der Waals surface area (Å²) in [6.07, 6.45) is 5.02. The van der Waals surface area contributed by atoms with Gasteiger partial charge in [-0.05, 0) is 37.6 Å². The van der Waals surface area contributed by atoms with Crippen LogP contribution in [0.15, 0.2) is 35.1 Å². The Balaban J connectivity index is 1.40. The van der Waals surface area contributed by atoms with E-state index in [2.05, 4.69) is 20.8 Å². The Morgan fingerprint density at radius 3 is 2.09 bits per heavy atom. The average Bonchev–Trinajstić information content (AvgIpc) is 3.06. The number of aromatic nitrogens is 1. The van der Waals surface area contributed by atoms with Gasteiger partial charge < -0.3 is 9.67 Å². The van der Waals surface area contributed by atoms with E-state index in [1.54, 1.807) is 6.07 Å². The predicted molar refractivity (Wildman–Crippen MR) is 129 cm³/mol. The molecule has 32 heavy (non-hydrogen) atoms. The SMILES string of the molecule is Cn1c(CN2CCCCCC2)cc(=O)c(O)c1CN1CCN(Cc2ccccc2Cl)CC1. The molecule has 6 nitrogen and oxygen atoms in total. The van der Waals surface area contributed by atoms with Gasteiger partial charge in [-0.2, -0.15) is 0 Å². The molecule has 1 aromatic heterocycles. The summed E-state index contributed by atoms with van der Waals surface area (Å²) in [6, 6.07) is 9.62. The van der Waals surface area contributed by atoms with Crippen LogP contribution in [-0.4, -0.2) is 63.6 Å². The minimum absolute atomic E-state index is 0.106. The molecule has 3 heterocycles. The molecule has 2 aliphatic heterocycles. The minimum Gasteiger partial charge on any atom is -0.503 e. The van der Waals surface area contributed by atoms with Gasteiger partial charge in [-0.1, -0.05) is 42.6 Å². The van der Waals surface area contributed by atoms with Gasteiger partial charge in [0.1, 0.15) is 0 Å². The zero-order valence-electron chi connectivity index (χ0n) is 19.1. The fourth-order valence-electron chi connectivity index (χ4n) is 4.83. The molecule has 0 atom stereocenters. The van der Waals surface area contributed by atoms with E-state index in [0.29, 0.717) is 6.54 Å². The zero-order valence-corrected chi connectivity index (χ0v) is 19.9. The van der Waals surface area contributed by atoms with Gasteiger partial charge in [0, 0.05) is 69.6 Å². The summed E-state index contributed by atoms with van der Waals surface area (Å²) >= 11 is 6.32. The van der Waals surface area contributed by atoms with Crippen molar-refractivity contribution in [3.8, 4) is 5.75 Å². The van der Waals surface area contributed by atoms with Crippen molar-refractivity contribution in [2.45, 2.75) is 45.3 Å². The van der Waals surface area contributed by atoms with Gasteiger partial charge in [0.2, 0.25) is 5.43 Å². The molecule has 0 unspecified atom stereocenters. The summed E-state index contributed by atoms with van der Waals surface area (Å²) in [4.78, 5) is 19.7. The Hall–Kier alpha value is -1.86. The summed E-state index contributed by atoms with van der Waals surface area (Å²) in [6.45, 7) is 8.04. The van der Waals surface area contributed by atoms with Crippen molar-refractivity contribution in [1.82, 2.24) is 19.3 Å². The van der Waals surface area contributed by atoms with Crippen molar-refractivity contribution in [2.75, 3.05) is 39.3 Å². The van der Waals surface area contributed by atoms with Crippen molar-refractivity contribution in [2.24, 2.45) is 7.05 Å². The topological polar surface area (TPSA) is 52.0 Å². The number of nitrogens with zero attached hydrogens (tertiary/aromatic N) is 4. The first-order valence-corrected chi connectivity index (χ1v) is 12.2. The molecule has 0 bridgehead atoms. The monoisotopic (exact) mass is 458 g/mol. The largest absolute Gasteiger partial charge is 0.503 e. The lowest BCUT2D eigenvalue weighted by Gasteiger charge is -2.35. The molecule has 2 aromatic rings. The second-order valence-corrected chi connectivity index (χ2v) is 9.60. The van der Waals surface area contributed by atoms with Crippen molar-refractivity contribution in [1.29, 1.82) is 0 Å². The minimum atomic E-state index is -0.264. The van der Waals surface area contributed by atoms with Crippen LogP contribution in [0.4, 0.5) is 0 Å². The molecule has 1 N–H and O–H groups in total. The van der Waals surface area contributed by atoms with Crippen LogP contribution in [0.25, 0.3) is 0 Å². The lowest BCUT2D eigenvalue weighted by atomic mass is 10.2. The second-order valence-electron chi connectivity index (χ2n) is 9.19. The Kier molecular flexibility index (Phi) is 7.89. The van der Waals surface area contributed by atoms with E-state index in [0.717, 1.165) is 74.3 Å². The highest BCUT2D eigenvalue weighted by molar-refractivity contribution is 6.31. The van der Waals surface area contributed by atoms with Crippen LogP contribution in [0.1, 0.15) is 42.6 Å². The third-order valence-corrected chi connectivity index (χ3v) is 7.28. The molecule has 1 aromatic carbocycles. The van der Waals surface area contributed by atoms with Gasteiger partial charge in [0.05, 0.1) is 5.69 Å². The highest BCUT2D eigenvalue weighted by atomic mass is 35.5. The lowest BCUT2D eigenvalue weighted by molar-refractivity contribution is 0.119. The highest BCUT2D eigenvalue weighted by Gasteiger charge is 2.22. The van der Waals surface area contributed by atoms with Crippen LogP contribution in [0, 0.1) is 0 Å². The molecule has 0 amide bonds. The van der Waals surface area contributed by atoms with Gasteiger partial charge >= 0.3 is 0 Å². The normalized spacial score (nSPS) is 19.2. The Morgan fingerprint density at radius 1 is 0.844 bits per heavy atom. The maximum absolute atomic E-state index is 12.5. The maximum atomic E-state index is 12.5. The number of aromatic hydroxyl groups is 1. The summed E-state index contributed by atoms with van der Waals surface area (Å²) in [7, 11) is 1.98. The van der Waals surface area contributed by atoms with Crippen molar-refractivity contribution in [3.05, 3.63) is 62.5 Å². The van der Waals surface area contributed by atoms with Gasteiger partial charge in [-0.15, -0.1) is 0 Å². The highest BCUT2D eigenvalue weighted by Crippen LogP contribution is 2.21. The fraction of sp³-hybridized carbons (Fsp3) is 0.560. The standard InChI is InChI=1S/C25H35ClN4O2/c1-27-21(18-28-10-6-2-3-7-11-28)16-24(31)25(32)23(27)19-30-14-12-29(13-15-30)17-20-8-4-5-9-22(20)26/h4-5,8-9,16,32H,2-3,6-7,10-15,17-19H2,1H3. The van der Waals surface area contributed by atoms with E-state index in [1.807, 2.05) is 29.8 Å². The first-order chi connectivity index (χ1) is 15.5. The number of rotatable bonds is 6. The first-order valence-electron chi connectivity index (χ1n) is 11.8.